The molecule has 86 valence electrons. The number of Topliss-reactive ketones (excluding diaryl/α,β-unsaturated/α-hetero) is 1. The third kappa shape index (κ3) is 2.50. The van der Waals surface area contributed by atoms with Crippen LogP contribution in [0.3, 0.4) is 0 Å². The minimum Gasteiger partial charge on any atom is -0.314 e. The van der Waals surface area contributed by atoms with Crippen molar-refractivity contribution in [2.45, 2.75) is 25.3 Å². The summed E-state index contributed by atoms with van der Waals surface area (Å²) in [5.74, 6) is -0.580. The lowest BCUT2D eigenvalue weighted by Gasteiger charge is -2.09. The number of benzene rings is 1. The molecule has 1 aliphatic heterocycles. The topological polar surface area (TPSA) is 29.1 Å². The number of halogens is 2. The molecule has 0 saturated carbocycles. The van der Waals surface area contributed by atoms with Gasteiger partial charge in [-0.1, -0.05) is 6.07 Å². The fourth-order valence-electron chi connectivity index (χ4n) is 1.98. The van der Waals surface area contributed by atoms with Gasteiger partial charge in [-0.25, -0.2) is 4.39 Å². The quantitative estimate of drug-likeness (QED) is 0.866. The maximum absolute atomic E-state index is 13.6. The average molecular weight is 286 g/mol. The minimum absolute atomic E-state index is 0.127. The number of rotatable bonds is 3. The van der Waals surface area contributed by atoms with Crippen LogP contribution in [0.1, 0.15) is 29.6 Å². The summed E-state index contributed by atoms with van der Waals surface area (Å²) >= 11 is 3.08. The lowest BCUT2D eigenvalue weighted by molar-refractivity contribution is 0.0967. The summed E-state index contributed by atoms with van der Waals surface area (Å²) in [6.07, 6.45) is 2.48. The zero-order chi connectivity index (χ0) is 11.5. The minimum atomic E-state index is -0.453. The monoisotopic (exact) mass is 285 g/mol. The first-order valence-electron chi connectivity index (χ1n) is 5.39. The molecule has 16 heavy (non-hydrogen) atoms. The third-order valence-corrected chi connectivity index (χ3v) is 3.46. The van der Waals surface area contributed by atoms with Gasteiger partial charge in [0.05, 0.1) is 10.0 Å². The van der Waals surface area contributed by atoms with E-state index in [1.54, 1.807) is 12.1 Å². The second kappa shape index (κ2) is 5.06. The van der Waals surface area contributed by atoms with E-state index in [4.69, 9.17) is 0 Å². The van der Waals surface area contributed by atoms with Crippen LogP contribution in [0.4, 0.5) is 4.39 Å². The molecule has 0 radical (unpaired) electrons. The van der Waals surface area contributed by atoms with Crippen LogP contribution in [-0.4, -0.2) is 18.4 Å². The molecule has 1 N–H and O–H groups in total. The van der Waals surface area contributed by atoms with E-state index in [0.29, 0.717) is 10.9 Å². The maximum atomic E-state index is 13.6. The first kappa shape index (κ1) is 11.7. The Morgan fingerprint density at radius 3 is 3.06 bits per heavy atom. The largest absolute Gasteiger partial charge is 0.314 e. The van der Waals surface area contributed by atoms with Gasteiger partial charge in [-0.05, 0) is 47.4 Å². The van der Waals surface area contributed by atoms with Crippen molar-refractivity contribution in [2.75, 3.05) is 6.54 Å². The van der Waals surface area contributed by atoms with Crippen LogP contribution < -0.4 is 5.32 Å². The Morgan fingerprint density at radius 2 is 2.38 bits per heavy atom. The Labute approximate surface area is 102 Å². The lowest BCUT2D eigenvalue weighted by Crippen LogP contribution is -2.24. The van der Waals surface area contributed by atoms with Gasteiger partial charge in [0.15, 0.2) is 5.78 Å². The molecule has 1 unspecified atom stereocenters. The molecule has 1 aliphatic rings. The SMILES string of the molecule is O=C(CC1CCCN1)c1cccc(Br)c1F. The summed E-state index contributed by atoms with van der Waals surface area (Å²) in [5.41, 5.74) is 0.183. The molecule has 0 bridgehead atoms. The van der Waals surface area contributed by atoms with Crippen molar-refractivity contribution in [1.82, 2.24) is 5.32 Å². The predicted octanol–water partition coefficient (Wildman–Crippen LogP) is 2.91. The van der Waals surface area contributed by atoms with Crippen molar-refractivity contribution in [1.29, 1.82) is 0 Å². The molecule has 0 aromatic heterocycles. The fourth-order valence-corrected chi connectivity index (χ4v) is 2.35. The highest BCUT2D eigenvalue weighted by molar-refractivity contribution is 9.10. The highest BCUT2D eigenvalue weighted by Gasteiger charge is 2.21. The summed E-state index contributed by atoms with van der Waals surface area (Å²) in [6, 6.07) is 5.03. The highest BCUT2D eigenvalue weighted by Crippen LogP contribution is 2.21. The molecule has 0 aliphatic carbocycles. The van der Waals surface area contributed by atoms with Crippen molar-refractivity contribution < 1.29 is 9.18 Å². The van der Waals surface area contributed by atoms with E-state index >= 15 is 0 Å². The molecule has 1 saturated heterocycles. The average Bonchev–Trinajstić information content (AvgIpc) is 2.74. The van der Waals surface area contributed by atoms with E-state index in [2.05, 4.69) is 21.2 Å². The standard InChI is InChI=1S/C12H13BrFNO/c13-10-5-1-4-9(12(10)14)11(16)7-8-3-2-6-15-8/h1,4-5,8,15H,2-3,6-7H2. The van der Waals surface area contributed by atoms with Gasteiger partial charge in [0.25, 0.3) is 0 Å². The van der Waals surface area contributed by atoms with Crippen LogP contribution in [0.5, 0.6) is 0 Å². The molecule has 2 nitrogen and oxygen atoms in total. The van der Waals surface area contributed by atoms with Gasteiger partial charge < -0.3 is 5.32 Å². The van der Waals surface area contributed by atoms with Crippen molar-refractivity contribution in [3.8, 4) is 0 Å². The van der Waals surface area contributed by atoms with E-state index in [1.165, 1.54) is 6.07 Å². The van der Waals surface area contributed by atoms with E-state index in [0.717, 1.165) is 19.4 Å². The molecular formula is C12H13BrFNO. The third-order valence-electron chi connectivity index (χ3n) is 2.85. The Morgan fingerprint density at radius 1 is 1.56 bits per heavy atom. The molecule has 1 heterocycles. The van der Waals surface area contributed by atoms with Gasteiger partial charge in [-0.2, -0.15) is 0 Å². The normalized spacial score (nSPS) is 20.0. The van der Waals surface area contributed by atoms with Gasteiger partial charge in [-0.15, -0.1) is 0 Å². The number of carbonyl (C=O) groups excluding carboxylic acids is 1. The van der Waals surface area contributed by atoms with Crippen molar-refractivity contribution >= 4 is 21.7 Å². The van der Waals surface area contributed by atoms with Crippen LogP contribution in [0.2, 0.25) is 0 Å². The fraction of sp³-hybridized carbons (Fsp3) is 0.417. The molecular weight excluding hydrogens is 273 g/mol. The molecule has 2 rings (SSSR count). The Hall–Kier alpha value is -0.740. The van der Waals surface area contributed by atoms with Gasteiger partial charge in [-0.3, -0.25) is 4.79 Å². The molecule has 1 atom stereocenters. The summed E-state index contributed by atoms with van der Waals surface area (Å²) < 4.78 is 14.0. The van der Waals surface area contributed by atoms with E-state index < -0.39 is 5.82 Å². The number of hydrogen-bond acceptors (Lipinski definition) is 2. The van der Waals surface area contributed by atoms with Crippen LogP contribution in [-0.2, 0) is 0 Å². The second-order valence-electron chi connectivity index (χ2n) is 4.02. The van der Waals surface area contributed by atoms with Gasteiger partial charge in [0, 0.05) is 12.5 Å². The number of nitrogens with one attached hydrogen (secondary N) is 1. The summed E-state index contributed by atoms with van der Waals surface area (Å²) in [6.45, 7) is 0.957. The first-order chi connectivity index (χ1) is 7.68. The summed E-state index contributed by atoms with van der Waals surface area (Å²) in [5, 5.41) is 3.24. The molecule has 0 amide bonds. The zero-order valence-electron chi connectivity index (χ0n) is 8.80. The van der Waals surface area contributed by atoms with Gasteiger partial charge in [0.2, 0.25) is 0 Å². The first-order valence-corrected chi connectivity index (χ1v) is 6.18. The smallest absolute Gasteiger partial charge is 0.167 e. The lowest BCUT2D eigenvalue weighted by atomic mass is 10.0. The maximum Gasteiger partial charge on any atom is 0.167 e. The van der Waals surface area contributed by atoms with E-state index in [9.17, 15) is 9.18 Å². The number of hydrogen-bond donors (Lipinski definition) is 1. The Kier molecular flexibility index (Phi) is 3.71. The number of ketones is 1. The molecule has 1 fully saturated rings. The van der Waals surface area contributed by atoms with Crippen LogP contribution in [0.25, 0.3) is 0 Å². The van der Waals surface area contributed by atoms with E-state index in [1.807, 2.05) is 0 Å². The molecule has 0 spiro atoms. The summed E-state index contributed by atoms with van der Waals surface area (Å²) in [4.78, 5) is 11.9. The van der Waals surface area contributed by atoms with Crippen molar-refractivity contribution in [3.63, 3.8) is 0 Å². The summed E-state index contributed by atoms with van der Waals surface area (Å²) in [7, 11) is 0. The number of carbonyl (C=O) groups is 1. The van der Waals surface area contributed by atoms with E-state index in [-0.39, 0.29) is 17.4 Å². The van der Waals surface area contributed by atoms with Crippen LogP contribution >= 0.6 is 15.9 Å². The predicted molar refractivity (Wildman–Crippen MR) is 64.1 cm³/mol. The van der Waals surface area contributed by atoms with Crippen molar-refractivity contribution in [2.24, 2.45) is 0 Å². The molecule has 1 aromatic carbocycles. The van der Waals surface area contributed by atoms with Crippen molar-refractivity contribution in [3.05, 3.63) is 34.1 Å². The van der Waals surface area contributed by atoms with Gasteiger partial charge >= 0.3 is 0 Å². The second-order valence-corrected chi connectivity index (χ2v) is 4.88. The van der Waals surface area contributed by atoms with Gasteiger partial charge in [0.1, 0.15) is 5.82 Å². The zero-order valence-corrected chi connectivity index (χ0v) is 10.4. The Balaban J connectivity index is 2.11. The highest BCUT2D eigenvalue weighted by atomic mass is 79.9. The Bertz CT molecular complexity index is 402. The molecule has 4 heteroatoms. The molecule has 1 aromatic rings. The van der Waals surface area contributed by atoms with Crippen LogP contribution in [0.15, 0.2) is 22.7 Å². The van der Waals surface area contributed by atoms with Crippen LogP contribution in [0, 0.1) is 5.82 Å².